The van der Waals surface area contributed by atoms with Crippen LogP contribution in [-0.2, 0) is 13.0 Å². The van der Waals surface area contributed by atoms with Gasteiger partial charge < -0.3 is 11.1 Å². The molecule has 0 spiro atoms. The zero-order valence-electron chi connectivity index (χ0n) is 10.1. The second-order valence-corrected chi connectivity index (χ2v) is 4.77. The lowest BCUT2D eigenvalue weighted by Gasteiger charge is -2.08. The number of nitrogens with zero attached hydrogens (tertiary/aromatic N) is 1. The summed E-state index contributed by atoms with van der Waals surface area (Å²) in [5.74, 6) is -0.186. The van der Waals surface area contributed by atoms with Gasteiger partial charge >= 0.3 is 0 Å². The maximum absolute atomic E-state index is 11.8. The number of nitrogens with one attached hydrogen (secondary N) is 1. The van der Waals surface area contributed by atoms with E-state index in [1.807, 2.05) is 18.2 Å². The summed E-state index contributed by atoms with van der Waals surface area (Å²) in [6.07, 6.45) is 0.954. The Bertz CT molecular complexity index is 551. The summed E-state index contributed by atoms with van der Waals surface area (Å²) in [5.41, 5.74) is 8.26. The van der Waals surface area contributed by atoms with Crippen LogP contribution in [0.25, 0.3) is 0 Å². The van der Waals surface area contributed by atoms with Gasteiger partial charge in [0.15, 0.2) is 5.13 Å². The molecule has 0 saturated carbocycles. The molecule has 3 N–H and O–H groups in total. The normalized spacial score (nSPS) is 10.3. The molecule has 0 bridgehead atoms. The zero-order chi connectivity index (χ0) is 13.0. The minimum absolute atomic E-state index is 0.186. The van der Waals surface area contributed by atoms with Crippen LogP contribution >= 0.6 is 11.3 Å². The Morgan fingerprint density at radius 1 is 1.39 bits per heavy atom. The van der Waals surface area contributed by atoms with Gasteiger partial charge in [-0.3, -0.25) is 4.79 Å². The predicted molar refractivity (Wildman–Crippen MR) is 73.5 cm³/mol. The first-order valence-electron chi connectivity index (χ1n) is 5.76. The van der Waals surface area contributed by atoms with Crippen molar-refractivity contribution in [3.05, 3.63) is 46.5 Å². The van der Waals surface area contributed by atoms with E-state index >= 15 is 0 Å². The number of rotatable bonds is 4. The van der Waals surface area contributed by atoms with Gasteiger partial charge in [0.2, 0.25) is 0 Å². The number of aromatic nitrogens is 1. The number of hydrogen-bond donors (Lipinski definition) is 2. The van der Waals surface area contributed by atoms with Crippen LogP contribution in [0.4, 0.5) is 5.13 Å². The molecule has 1 aromatic carbocycles. The van der Waals surface area contributed by atoms with Gasteiger partial charge in [-0.05, 0) is 17.5 Å². The van der Waals surface area contributed by atoms with Gasteiger partial charge in [-0.15, -0.1) is 11.3 Å². The number of hydrogen-bond acceptors (Lipinski definition) is 4. The summed E-state index contributed by atoms with van der Waals surface area (Å²) in [5, 5.41) is 4.93. The molecule has 0 saturated heterocycles. The van der Waals surface area contributed by atoms with Crippen LogP contribution in [0.3, 0.4) is 0 Å². The number of aryl methyl sites for hydroxylation is 1. The second kappa shape index (κ2) is 5.64. The standard InChI is InChI=1S/C13H15N3OS/c1-2-9-5-3-4-6-10(9)7-15-12(17)11-8-18-13(14)16-11/h3-6,8H,2,7H2,1H3,(H2,14,16)(H,15,17). The highest BCUT2D eigenvalue weighted by Crippen LogP contribution is 2.12. The first-order chi connectivity index (χ1) is 8.70. The molecule has 1 aromatic heterocycles. The number of anilines is 1. The number of benzene rings is 1. The lowest BCUT2D eigenvalue weighted by molar-refractivity contribution is 0.0946. The number of thiazole rings is 1. The average Bonchev–Trinajstić information content (AvgIpc) is 2.83. The minimum atomic E-state index is -0.186. The highest BCUT2D eigenvalue weighted by molar-refractivity contribution is 7.13. The van der Waals surface area contributed by atoms with Crippen molar-refractivity contribution in [1.82, 2.24) is 10.3 Å². The summed E-state index contributed by atoms with van der Waals surface area (Å²) in [7, 11) is 0. The Kier molecular flexibility index (Phi) is 3.94. The van der Waals surface area contributed by atoms with Crippen molar-refractivity contribution in [2.45, 2.75) is 19.9 Å². The fourth-order valence-corrected chi connectivity index (χ4v) is 2.28. The van der Waals surface area contributed by atoms with Crippen molar-refractivity contribution >= 4 is 22.4 Å². The first-order valence-corrected chi connectivity index (χ1v) is 6.64. The smallest absolute Gasteiger partial charge is 0.271 e. The molecule has 94 valence electrons. The van der Waals surface area contributed by atoms with E-state index < -0.39 is 0 Å². The van der Waals surface area contributed by atoms with Crippen LogP contribution in [0.1, 0.15) is 28.5 Å². The van der Waals surface area contributed by atoms with Gasteiger partial charge in [0, 0.05) is 11.9 Å². The van der Waals surface area contributed by atoms with Crippen LogP contribution in [-0.4, -0.2) is 10.9 Å². The molecule has 18 heavy (non-hydrogen) atoms. The Balaban J connectivity index is 2.01. The third-order valence-electron chi connectivity index (χ3n) is 2.69. The number of nitrogen functional groups attached to an aromatic ring is 1. The number of carbonyl (C=O) groups excluding carboxylic acids is 1. The molecular formula is C13H15N3OS. The predicted octanol–water partition coefficient (Wildman–Crippen LogP) is 2.22. The van der Waals surface area contributed by atoms with E-state index in [4.69, 9.17) is 5.73 Å². The molecule has 0 fully saturated rings. The Hall–Kier alpha value is -1.88. The zero-order valence-corrected chi connectivity index (χ0v) is 11.0. The van der Waals surface area contributed by atoms with Gasteiger partial charge in [-0.25, -0.2) is 4.98 Å². The molecule has 1 amide bonds. The molecule has 0 aliphatic rings. The van der Waals surface area contributed by atoms with E-state index in [1.54, 1.807) is 5.38 Å². The molecule has 2 rings (SSSR count). The lowest BCUT2D eigenvalue weighted by Crippen LogP contribution is -2.23. The molecule has 0 atom stereocenters. The highest BCUT2D eigenvalue weighted by Gasteiger charge is 2.09. The Morgan fingerprint density at radius 2 is 2.11 bits per heavy atom. The summed E-state index contributed by atoms with van der Waals surface area (Å²) in [4.78, 5) is 15.8. The summed E-state index contributed by atoms with van der Waals surface area (Å²) < 4.78 is 0. The third-order valence-corrected chi connectivity index (χ3v) is 3.37. The number of carbonyl (C=O) groups is 1. The van der Waals surface area contributed by atoms with E-state index in [0.717, 1.165) is 12.0 Å². The fourth-order valence-electron chi connectivity index (χ4n) is 1.73. The van der Waals surface area contributed by atoms with Crippen LogP contribution in [0.15, 0.2) is 29.6 Å². The van der Waals surface area contributed by atoms with Gasteiger partial charge in [0.25, 0.3) is 5.91 Å². The van der Waals surface area contributed by atoms with Crippen molar-refractivity contribution < 1.29 is 4.79 Å². The van der Waals surface area contributed by atoms with E-state index in [0.29, 0.717) is 17.4 Å². The SMILES string of the molecule is CCc1ccccc1CNC(=O)c1csc(N)n1. The number of amides is 1. The molecule has 0 aliphatic carbocycles. The summed E-state index contributed by atoms with van der Waals surface area (Å²) >= 11 is 1.27. The van der Waals surface area contributed by atoms with E-state index in [-0.39, 0.29) is 5.91 Å². The number of nitrogens with two attached hydrogens (primary N) is 1. The molecule has 0 aliphatic heterocycles. The topological polar surface area (TPSA) is 68.0 Å². The maximum atomic E-state index is 11.8. The van der Waals surface area contributed by atoms with E-state index in [1.165, 1.54) is 16.9 Å². The molecule has 5 heteroatoms. The van der Waals surface area contributed by atoms with Gasteiger partial charge in [-0.1, -0.05) is 31.2 Å². The van der Waals surface area contributed by atoms with Gasteiger partial charge in [0.1, 0.15) is 5.69 Å². The monoisotopic (exact) mass is 261 g/mol. The molecule has 1 heterocycles. The van der Waals surface area contributed by atoms with Crippen LogP contribution in [0.2, 0.25) is 0 Å². The van der Waals surface area contributed by atoms with E-state index in [9.17, 15) is 4.79 Å². The molecular weight excluding hydrogens is 246 g/mol. The summed E-state index contributed by atoms with van der Waals surface area (Å²) in [6, 6.07) is 8.07. The third kappa shape index (κ3) is 2.87. The van der Waals surface area contributed by atoms with Gasteiger partial charge in [0.05, 0.1) is 0 Å². The fraction of sp³-hybridized carbons (Fsp3) is 0.231. The van der Waals surface area contributed by atoms with Crippen molar-refractivity contribution in [1.29, 1.82) is 0 Å². The molecule has 4 nitrogen and oxygen atoms in total. The van der Waals surface area contributed by atoms with Crippen LogP contribution < -0.4 is 11.1 Å². The van der Waals surface area contributed by atoms with Crippen LogP contribution in [0.5, 0.6) is 0 Å². The largest absolute Gasteiger partial charge is 0.375 e. The minimum Gasteiger partial charge on any atom is -0.375 e. The first kappa shape index (κ1) is 12.6. The van der Waals surface area contributed by atoms with Crippen molar-refractivity contribution in [2.75, 3.05) is 5.73 Å². The molecule has 2 aromatic rings. The van der Waals surface area contributed by atoms with Crippen molar-refractivity contribution in [3.8, 4) is 0 Å². The van der Waals surface area contributed by atoms with Gasteiger partial charge in [-0.2, -0.15) is 0 Å². The average molecular weight is 261 g/mol. The molecule has 0 radical (unpaired) electrons. The Morgan fingerprint density at radius 3 is 2.72 bits per heavy atom. The lowest BCUT2D eigenvalue weighted by atomic mass is 10.1. The quantitative estimate of drug-likeness (QED) is 0.886. The highest BCUT2D eigenvalue weighted by atomic mass is 32.1. The Labute approximate surface area is 110 Å². The van der Waals surface area contributed by atoms with Crippen molar-refractivity contribution in [2.24, 2.45) is 0 Å². The van der Waals surface area contributed by atoms with Crippen LogP contribution in [0, 0.1) is 0 Å². The second-order valence-electron chi connectivity index (χ2n) is 3.88. The van der Waals surface area contributed by atoms with E-state index in [2.05, 4.69) is 23.3 Å². The summed E-state index contributed by atoms with van der Waals surface area (Å²) in [6.45, 7) is 2.61. The van der Waals surface area contributed by atoms with Crippen molar-refractivity contribution in [3.63, 3.8) is 0 Å². The molecule has 0 unspecified atom stereocenters. The maximum Gasteiger partial charge on any atom is 0.271 e.